The number of fused-ring (bicyclic) bond motifs is 1. The fourth-order valence-corrected chi connectivity index (χ4v) is 2.52. The van der Waals surface area contributed by atoms with E-state index in [0.29, 0.717) is 6.54 Å². The Labute approximate surface area is 107 Å². The number of aromatic nitrogens is 3. The summed E-state index contributed by atoms with van der Waals surface area (Å²) in [5.41, 5.74) is 0.967. The number of para-hydroxylation sites is 1. The molecule has 0 fully saturated rings. The first-order chi connectivity index (χ1) is 8.83. The van der Waals surface area contributed by atoms with Crippen LogP contribution in [-0.4, -0.2) is 20.6 Å². The molecule has 0 unspecified atom stereocenters. The van der Waals surface area contributed by atoms with Gasteiger partial charge in [-0.1, -0.05) is 12.1 Å². The Morgan fingerprint density at radius 1 is 1.39 bits per heavy atom. The molecule has 0 radical (unpaired) electrons. The molecule has 2 heterocycles. The van der Waals surface area contributed by atoms with Gasteiger partial charge in [-0.15, -0.1) is 11.3 Å². The SMILES string of the molecule is O=C(NCc1nc2ccccc2s1)n1ccnc1. The molecule has 2 aromatic heterocycles. The first kappa shape index (κ1) is 10.9. The number of carbonyl (C=O) groups is 1. The van der Waals surface area contributed by atoms with Crippen LogP contribution in [0.1, 0.15) is 5.01 Å². The number of nitrogens with zero attached hydrogens (tertiary/aromatic N) is 3. The number of rotatable bonds is 2. The van der Waals surface area contributed by atoms with E-state index in [1.165, 1.54) is 10.9 Å². The summed E-state index contributed by atoms with van der Waals surface area (Å²) in [5, 5.41) is 3.69. The Morgan fingerprint density at radius 2 is 2.28 bits per heavy atom. The van der Waals surface area contributed by atoms with Gasteiger partial charge in [-0.2, -0.15) is 0 Å². The summed E-state index contributed by atoms with van der Waals surface area (Å²) < 4.78 is 2.53. The molecule has 0 saturated heterocycles. The van der Waals surface area contributed by atoms with E-state index in [0.717, 1.165) is 15.2 Å². The molecule has 1 aromatic carbocycles. The molecule has 0 spiro atoms. The molecule has 90 valence electrons. The zero-order valence-electron chi connectivity index (χ0n) is 9.41. The van der Waals surface area contributed by atoms with Crippen molar-refractivity contribution in [1.29, 1.82) is 0 Å². The zero-order chi connectivity index (χ0) is 12.4. The van der Waals surface area contributed by atoms with Gasteiger partial charge in [-0.25, -0.2) is 14.8 Å². The predicted molar refractivity (Wildman–Crippen MR) is 69.5 cm³/mol. The molecule has 3 rings (SSSR count). The zero-order valence-corrected chi connectivity index (χ0v) is 10.2. The van der Waals surface area contributed by atoms with Crippen molar-refractivity contribution in [2.45, 2.75) is 6.54 Å². The second kappa shape index (κ2) is 4.58. The van der Waals surface area contributed by atoms with Gasteiger partial charge in [0, 0.05) is 12.4 Å². The van der Waals surface area contributed by atoms with Gasteiger partial charge in [0.15, 0.2) is 0 Å². The molecule has 18 heavy (non-hydrogen) atoms. The fraction of sp³-hybridized carbons (Fsp3) is 0.0833. The molecule has 6 heteroatoms. The van der Waals surface area contributed by atoms with Gasteiger partial charge in [-0.3, -0.25) is 4.57 Å². The maximum atomic E-state index is 11.7. The van der Waals surface area contributed by atoms with Crippen molar-refractivity contribution in [2.75, 3.05) is 0 Å². The highest BCUT2D eigenvalue weighted by molar-refractivity contribution is 7.18. The average Bonchev–Trinajstić information content (AvgIpc) is 3.04. The average molecular weight is 258 g/mol. The number of amides is 1. The van der Waals surface area contributed by atoms with Gasteiger partial charge in [0.1, 0.15) is 11.3 Å². The molecule has 0 saturated carbocycles. The summed E-state index contributed by atoms with van der Waals surface area (Å²) in [7, 11) is 0. The number of imidazole rings is 1. The predicted octanol–water partition coefficient (Wildman–Crippen LogP) is 2.25. The number of hydrogen-bond donors (Lipinski definition) is 1. The van der Waals surface area contributed by atoms with E-state index in [1.807, 2.05) is 24.3 Å². The van der Waals surface area contributed by atoms with Crippen LogP contribution >= 0.6 is 11.3 Å². The lowest BCUT2D eigenvalue weighted by Gasteiger charge is -2.01. The number of carbonyl (C=O) groups excluding carboxylic acids is 1. The molecule has 3 aromatic rings. The van der Waals surface area contributed by atoms with Crippen molar-refractivity contribution in [3.8, 4) is 0 Å². The Bertz CT molecular complexity index is 641. The smallest absolute Gasteiger partial charge is 0.327 e. The lowest BCUT2D eigenvalue weighted by Crippen LogP contribution is -2.26. The maximum Gasteiger partial charge on any atom is 0.327 e. The van der Waals surface area contributed by atoms with E-state index in [2.05, 4.69) is 15.3 Å². The Morgan fingerprint density at radius 3 is 3.06 bits per heavy atom. The first-order valence-corrected chi connectivity index (χ1v) is 6.25. The highest BCUT2D eigenvalue weighted by atomic mass is 32.1. The summed E-state index contributed by atoms with van der Waals surface area (Å²) >= 11 is 1.59. The second-order valence-corrected chi connectivity index (χ2v) is 4.82. The van der Waals surface area contributed by atoms with Gasteiger partial charge >= 0.3 is 6.03 Å². The molecule has 0 aliphatic heterocycles. The standard InChI is InChI=1S/C12H10N4OS/c17-12(16-6-5-13-8-16)14-7-11-15-9-3-1-2-4-10(9)18-11/h1-6,8H,7H2,(H,14,17). The molecule has 5 nitrogen and oxygen atoms in total. The van der Waals surface area contributed by atoms with E-state index in [9.17, 15) is 4.79 Å². The van der Waals surface area contributed by atoms with Crippen LogP contribution in [0.15, 0.2) is 43.0 Å². The Hall–Kier alpha value is -2.21. The monoisotopic (exact) mass is 258 g/mol. The maximum absolute atomic E-state index is 11.7. The summed E-state index contributed by atoms with van der Waals surface area (Å²) in [5.74, 6) is 0. The first-order valence-electron chi connectivity index (χ1n) is 5.43. The van der Waals surface area contributed by atoms with Crippen LogP contribution in [0, 0.1) is 0 Å². The van der Waals surface area contributed by atoms with E-state index in [4.69, 9.17) is 0 Å². The molecular weight excluding hydrogens is 248 g/mol. The van der Waals surface area contributed by atoms with E-state index in [-0.39, 0.29) is 6.03 Å². The topological polar surface area (TPSA) is 59.8 Å². The molecule has 0 aliphatic carbocycles. The lowest BCUT2D eigenvalue weighted by molar-refractivity contribution is 0.242. The van der Waals surface area contributed by atoms with Crippen molar-refractivity contribution < 1.29 is 4.79 Å². The third kappa shape index (κ3) is 2.10. The lowest BCUT2D eigenvalue weighted by atomic mass is 10.3. The van der Waals surface area contributed by atoms with Crippen LogP contribution < -0.4 is 5.32 Å². The van der Waals surface area contributed by atoms with Gasteiger partial charge < -0.3 is 5.32 Å². The van der Waals surface area contributed by atoms with Crippen molar-refractivity contribution in [2.24, 2.45) is 0 Å². The minimum atomic E-state index is -0.202. The van der Waals surface area contributed by atoms with Crippen molar-refractivity contribution in [1.82, 2.24) is 19.9 Å². The summed E-state index contributed by atoms with van der Waals surface area (Å²) in [6.07, 6.45) is 4.64. The molecular formula is C12H10N4OS. The van der Waals surface area contributed by atoms with Crippen molar-refractivity contribution >= 4 is 27.6 Å². The summed E-state index contributed by atoms with van der Waals surface area (Å²) in [6, 6.07) is 7.72. The van der Waals surface area contributed by atoms with Crippen LogP contribution in [0.4, 0.5) is 4.79 Å². The van der Waals surface area contributed by atoms with Gasteiger partial charge in [0.25, 0.3) is 0 Å². The van der Waals surface area contributed by atoms with Crippen molar-refractivity contribution in [3.63, 3.8) is 0 Å². The van der Waals surface area contributed by atoms with Gasteiger partial charge in [-0.05, 0) is 12.1 Å². The number of benzene rings is 1. The van der Waals surface area contributed by atoms with E-state index in [1.54, 1.807) is 23.7 Å². The minimum Gasteiger partial charge on any atom is -0.331 e. The quantitative estimate of drug-likeness (QED) is 0.767. The second-order valence-electron chi connectivity index (χ2n) is 3.70. The number of hydrogen-bond acceptors (Lipinski definition) is 4. The van der Waals surface area contributed by atoms with E-state index >= 15 is 0 Å². The molecule has 1 N–H and O–H groups in total. The summed E-state index contributed by atoms with van der Waals surface area (Å²) in [4.78, 5) is 20.0. The highest BCUT2D eigenvalue weighted by Gasteiger charge is 2.06. The van der Waals surface area contributed by atoms with Crippen LogP contribution in [0.25, 0.3) is 10.2 Å². The Balaban J connectivity index is 1.71. The molecule has 0 bridgehead atoms. The van der Waals surface area contributed by atoms with Crippen molar-refractivity contribution in [3.05, 3.63) is 48.0 Å². The Kier molecular flexibility index (Phi) is 2.77. The third-order valence-corrected chi connectivity index (χ3v) is 3.50. The largest absolute Gasteiger partial charge is 0.331 e. The third-order valence-electron chi connectivity index (χ3n) is 2.47. The van der Waals surface area contributed by atoms with Crippen LogP contribution in [0.3, 0.4) is 0 Å². The number of thiazole rings is 1. The molecule has 0 aliphatic rings. The van der Waals surface area contributed by atoms with Gasteiger partial charge in [0.05, 0.1) is 16.8 Å². The molecule has 0 atom stereocenters. The summed E-state index contributed by atoms with van der Waals surface area (Å²) in [6.45, 7) is 0.427. The van der Waals surface area contributed by atoms with E-state index < -0.39 is 0 Å². The number of nitrogens with one attached hydrogen (secondary N) is 1. The molecule has 1 amide bonds. The van der Waals surface area contributed by atoms with Crippen LogP contribution in [0.5, 0.6) is 0 Å². The van der Waals surface area contributed by atoms with Gasteiger partial charge in [0.2, 0.25) is 0 Å². The normalized spacial score (nSPS) is 10.7. The van der Waals surface area contributed by atoms with Crippen LogP contribution in [0.2, 0.25) is 0 Å². The highest BCUT2D eigenvalue weighted by Crippen LogP contribution is 2.21. The van der Waals surface area contributed by atoms with Crippen LogP contribution in [-0.2, 0) is 6.54 Å². The minimum absolute atomic E-state index is 0.202. The fourth-order valence-electron chi connectivity index (χ4n) is 1.62.